The summed E-state index contributed by atoms with van der Waals surface area (Å²) in [6.45, 7) is 10.0. The van der Waals surface area contributed by atoms with Gasteiger partial charge in [-0.3, -0.25) is 4.79 Å². The average molecular weight is 307 g/mol. The van der Waals surface area contributed by atoms with Crippen LogP contribution in [0.5, 0.6) is 5.75 Å². The zero-order chi connectivity index (χ0) is 16.6. The number of benzene rings is 1. The van der Waals surface area contributed by atoms with Gasteiger partial charge in [0, 0.05) is 6.54 Å². The molecule has 0 atom stereocenters. The Labute approximate surface area is 133 Å². The van der Waals surface area contributed by atoms with Crippen molar-refractivity contribution in [3.63, 3.8) is 0 Å². The molecule has 2 N–H and O–H groups in total. The molecule has 0 saturated heterocycles. The van der Waals surface area contributed by atoms with E-state index in [0.29, 0.717) is 18.9 Å². The maximum Gasteiger partial charge on any atom is 0.309 e. The van der Waals surface area contributed by atoms with Crippen LogP contribution in [0.2, 0.25) is 0 Å². The van der Waals surface area contributed by atoms with E-state index in [9.17, 15) is 4.79 Å². The highest BCUT2D eigenvalue weighted by Crippen LogP contribution is 2.19. The van der Waals surface area contributed by atoms with E-state index in [1.165, 1.54) is 5.56 Å². The van der Waals surface area contributed by atoms with Gasteiger partial charge in [0.1, 0.15) is 5.75 Å². The normalized spacial score (nSPS) is 11.7. The lowest BCUT2D eigenvalue weighted by Crippen LogP contribution is -2.28. The van der Waals surface area contributed by atoms with E-state index < -0.39 is 11.4 Å². The predicted octanol–water partition coefficient (Wildman–Crippen LogP) is 3.70. The van der Waals surface area contributed by atoms with E-state index >= 15 is 0 Å². The molecule has 0 fully saturated rings. The molecule has 0 aliphatic heterocycles. The summed E-state index contributed by atoms with van der Waals surface area (Å²) in [6.07, 6.45) is 1.67. The van der Waals surface area contributed by atoms with Gasteiger partial charge in [0.15, 0.2) is 0 Å². The summed E-state index contributed by atoms with van der Waals surface area (Å²) >= 11 is 0. The van der Waals surface area contributed by atoms with Crippen molar-refractivity contribution in [2.24, 2.45) is 11.3 Å². The summed E-state index contributed by atoms with van der Waals surface area (Å²) in [5.41, 5.74) is 0.491. The van der Waals surface area contributed by atoms with Gasteiger partial charge in [-0.05, 0) is 56.8 Å². The van der Waals surface area contributed by atoms with Gasteiger partial charge in [0.25, 0.3) is 0 Å². The smallest absolute Gasteiger partial charge is 0.309 e. The Morgan fingerprint density at radius 2 is 1.91 bits per heavy atom. The quantitative estimate of drug-likeness (QED) is 0.647. The zero-order valence-corrected chi connectivity index (χ0v) is 14.2. The fourth-order valence-corrected chi connectivity index (χ4v) is 1.86. The average Bonchev–Trinajstić information content (AvgIpc) is 2.44. The van der Waals surface area contributed by atoms with Crippen molar-refractivity contribution in [3.05, 3.63) is 29.8 Å². The van der Waals surface area contributed by atoms with Crippen molar-refractivity contribution in [2.45, 2.75) is 47.1 Å². The fraction of sp³-hybridized carbons (Fsp3) is 0.611. The zero-order valence-electron chi connectivity index (χ0n) is 14.2. The van der Waals surface area contributed by atoms with Crippen LogP contribution in [0.4, 0.5) is 0 Å². The number of aliphatic carboxylic acids is 1. The Bertz CT molecular complexity index is 452. The van der Waals surface area contributed by atoms with Crippen LogP contribution in [0.25, 0.3) is 0 Å². The summed E-state index contributed by atoms with van der Waals surface area (Å²) in [7, 11) is 0. The van der Waals surface area contributed by atoms with Crippen LogP contribution in [0, 0.1) is 11.3 Å². The first-order valence-corrected chi connectivity index (χ1v) is 7.97. The van der Waals surface area contributed by atoms with Gasteiger partial charge >= 0.3 is 5.97 Å². The van der Waals surface area contributed by atoms with Gasteiger partial charge in [-0.1, -0.05) is 26.0 Å². The molecule has 4 nitrogen and oxygen atoms in total. The number of carboxylic acid groups (broad SMARTS) is 1. The van der Waals surface area contributed by atoms with E-state index in [-0.39, 0.29) is 0 Å². The molecule has 124 valence electrons. The standard InChI is InChI=1S/C18H29NO3/c1-14(2)9-12-22-16-7-5-15(6-8-16)13-19-11-10-18(3,4)17(20)21/h5-8,14,19H,9-13H2,1-4H3,(H,20,21). The third-order valence-electron chi connectivity index (χ3n) is 3.72. The molecule has 4 heteroatoms. The third kappa shape index (κ3) is 6.94. The highest BCUT2D eigenvalue weighted by molar-refractivity contribution is 5.73. The number of ether oxygens (including phenoxy) is 1. The number of hydrogen-bond donors (Lipinski definition) is 2. The van der Waals surface area contributed by atoms with Gasteiger partial charge in [-0.2, -0.15) is 0 Å². The number of carboxylic acids is 1. The number of nitrogens with one attached hydrogen (secondary N) is 1. The van der Waals surface area contributed by atoms with E-state index in [1.54, 1.807) is 13.8 Å². The van der Waals surface area contributed by atoms with Crippen LogP contribution in [0.15, 0.2) is 24.3 Å². The van der Waals surface area contributed by atoms with Gasteiger partial charge in [0.05, 0.1) is 12.0 Å². The van der Waals surface area contributed by atoms with Gasteiger partial charge in [-0.15, -0.1) is 0 Å². The lowest BCUT2D eigenvalue weighted by atomic mass is 9.90. The van der Waals surface area contributed by atoms with E-state index in [0.717, 1.165) is 25.3 Å². The molecule has 0 aliphatic carbocycles. The molecule has 0 unspecified atom stereocenters. The molecular formula is C18H29NO3. The molecule has 0 aromatic heterocycles. The van der Waals surface area contributed by atoms with Gasteiger partial charge in [0.2, 0.25) is 0 Å². The van der Waals surface area contributed by atoms with Crippen molar-refractivity contribution in [1.82, 2.24) is 5.32 Å². The summed E-state index contributed by atoms with van der Waals surface area (Å²) < 4.78 is 5.68. The van der Waals surface area contributed by atoms with Crippen LogP contribution >= 0.6 is 0 Å². The molecule has 0 radical (unpaired) electrons. The number of hydrogen-bond acceptors (Lipinski definition) is 3. The van der Waals surface area contributed by atoms with Gasteiger partial charge in [-0.25, -0.2) is 0 Å². The minimum absolute atomic E-state index is 0.610. The Hall–Kier alpha value is -1.55. The largest absolute Gasteiger partial charge is 0.494 e. The molecule has 22 heavy (non-hydrogen) atoms. The topological polar surface area (TPSA) is 58.6 Å². The Morgan fingerprint density at radius 1 is 1.27 bits per heavy atom. The second-order valence-corrected chi connectivity index (χ2v) is 6.79. The highest BCUT2D eigenvalue weighted by atomic mass is 16.5. The summed E-state index contributed by atoms with van der Waals surface area (Å²) in [5.74, 6) is 0.798. The lowest BCUT2D eigenvalue weighted by molar-refractivity contribution is -0.147. The van der Waals surface area contributed by atoms with E-state index in [2.05, 4.69) is 19.2 Å². The molecule has 0 heterocycles. The molecule has 1 aromatic carbocycles. The minimum Gasteiger partial charge on any atom is -0.494 e. The second kappa shape index (κ2) is 8.79. The molecule has 1 aromatic rings. The lowest BCUT2D eigenvalue weighted by Gasteiger charge is -2.19. The first-order chi connectivity index (χ1) is 10.3. The van der Waals surface area contributed by atoms with Crippen molar-refractivity contribution in [2.75, 3.05) is 13.2 Å². The fourth-order valence-electron chi connectivity index (χ4n) is 1.86. The Kier molecular flexibility index (Phi) is 7.39. The molecular weight excluding hydrogens is 278 g/mol. The third-order valence-corrected chi connectivity index (χ3v) is 3.72. The van der Waals surface area contributed by atoms with E-state index in [1.807, 2.05) is 24.3 Å². The predicted molar refractivity (Wildman–Crippen MR) is 89.1 cm³/mol. The minimum atomic E-state index is -0.753. The van der Waals surface area contributed by atoms with Crippen LogP contribution < -0.4 is 10.1 Å². The van der Waals surface area contributed by atoms with Crippen molar-refractivity contribution in [3.8, 4) is 5.75 Å². The monoisotopic (exact) mass is 307 g/mol. The molecule has 0 aliphatic rings. The van der Waals surface area contributed by atoms with Crippen LogP contribution in [0.3, 0.4) is 0 Å². The maximum absolute atomic E-state index is 11.0. The summed E-state index contributed by atoms with van der Waals surface area (Å²) in [5, 5.41) is 12.3. The summed E-state index contributed by atoms with van der Waals surface area (Å²) in [6, 6.07) is 8.05. The van der Waals surface area contributed by atoms with Crippen molar-refractivity contribution < 1.29 is 14.6 Å². The first-order valence-electron chi connectivity index (χ1n) is 7.97. The molecule has 0 bridgehead atoms. The SMILES string of the molecule is CC(C)CCOc1ccc(CNCCC(C)(C)C(=O)O)cc1. The summed E-state index contributed by atoms with van der Waals surface area (Å²) in [4.78, 5) is 11.0. The van der Waals surface area contributed by atoms with E-state index in [4.69, 9.17) is 9.84 Å². The van der Waals surface area contributed by atoms with Crippen LogP contribution in [-0.2, 0) is 11.3 Å². The van der Waals surface area contributed by atoms with Crippen LogP contribution in [-0.4, -0.2) is 24.2 Å². The first kappa shape index (κ1) is 18.5. The Morgan fingerprint density at radius 3 is 2.45 bits per heavy atom. The number of rotatable bonds is 10. The van der Waals surface area contributed by atoms with Gasteiger partial charge < -0.3 is 15.2 Å². The molecule has 1 rings (SSSR count). The Balaban J connectivity index is 2.28. The van der Waals surface area contributed by atoms with Crippen molar-refractivity contribution in [1.29, 1.82) is 0 Å². The highest BCUT2D eigenvalue weighted by Gasteiger charge is 2.25. The maximum atomic E-state index is 11.0. The molecule has 0 spiro atoms. The second-order valence-electron chi connectivity index (χ2n) is 6.79. The van der Waals surface area contributed by atoms with Crippen LogP contribution in [0.1, 0.15) is 46.1 Å². The molecule has 0 amide bonds. The molecule has 0 saturated carbocycles. The van der Waals surface area contributed by atoms with Crippen molar-refractivity contribution >= 4 is 5.97 Å². The number of carbonyl (C=O) groups is 1.